The second kappa shape index (κ2) is 7.25. The minimum absolute atomic E-state index is 0.217. The zero-order valence-corrected chi connectivity index (χ0v) is 12.6. The highest BCUT2D eigenvalue weighted by Crippen LogP contribution is 2.15. The third kappa shape index (κ3) is 6.40. The molecule has 3 atom stereocenters. The van der Waals surface area contributed by atoms with Gasteiger partial charge in [-0.25, -0.2) is 0 Å². The minimum Gasteiger partial charge on any atom is -0.389 e. The third-order valence-electron chi connectivity index (χ3n) is 3.16. The molecule has 0 radical (unpaired) electrons. The van der Waals surface area contributed by atoms with E-state index in [0.717, 1.165) is 13.1 Å². The highest BCUT2D eigenvalue weighted by molar-refractivity contribution is 4.92. The van der Waals surface area contributed by atoms with Crippen LogP contribution in [-0.4, -0.2) is 60.2 Å². The number of nitrogens with zero attached hydrogens (tertiary/aromatic N) is 1. The van der Waals surface area contributed by atoms with Crippen molar-refractivity contribution in [3.05, 3.63) is 0 Å². The normalized spacial score (nSPS) is 26.9. The van der Waals surface area contributed by atoms with Crippen LogP contribution in [0.4, 0.5) is 0 Å². The summed E-state index contributed by atoms with van der Waals surface area (Å²) < 4.78 is 11.3. The molecule has 0 aliphatic carbocycles. The number of morpholine rings is 1. The van der Waals surface area contributed by atoms with Gasteiger partial charge in [0.25, 0.3) is 0 Å². The Bertz CT molecular complexity index is 301. The lowest BCUT2D eigenvalue weighted by Gasteiger charge is -2.36. The summed E-state index contributed by atoms with van der Waals surface area (Å²) >= 11 is 0. The first-order valence-electron chi connectivity index (χ1n) is 6.95. The molecule has 1 aliphatic heterocycles. The Morgan fingerprint density at radius 2 is 2.00 bits per heavy atom. The summed E-state index contributed by atoms with van der Waals surface area (Å²) in [5.74, 6) is 2.59. The van der Waals surface area contributed by atoms with Crippen LogP contribution in [0.3, 0.4) is 0 Å². The smallest absolute Gasteiger partial charge is 0.0900 e. The molecule has 0 bridgehead atoms. The van der Waals surface area contributed by atoms with E-state index in [1.807, 2.05) is 13.8 Å². The Morgan fingerprint density at radius 1 is 1.42 bits per heavy atom. The number of aliphatic hydroxyl groups is 1. The Balaban J connectivity index is 2.31. The summed E-state index contributed by atoms with van der Waals surface area (Å²) in [7, 11) is 0. The van der Waals surface area contributed by atoms with Crippen LogP contribution in [0.15, 0.2) is 0 Å². The van der Waals surface area contributed by atoms with Gasteiger partial charge in [0, 0.05) is 26.1 Å². The highest BCUT2D eigenvalue weighted by atomic mass is 16.5. The molecule has 0 amide bonds. The fourth-order valence-electron chi connectivity index (χ4n) is 2.40. The maximum absolute atomic E-state index is 10.0. The molecular weight excluding hydrogens is 242 g/mol. The van der Waals surface area contributed by atoms with Gasteiger partial charge >= 0.3 is 0 Å². The molecule has 19 heavy (non-hydrogen) atoms. The fourth-order valence-corrected chi connectivity index (χ4v) is 2.40. The van der Waals surface area contributed by atoms with Gasteiger partial charge in [-0.05, 0) is 27.7 Å². The number of hydrogen-bond donors (Lipinski definition) is 1. The number of terminal acetylenes is 1. The molecule has 1 heterocycles. The number of hydrogen-bond acceptors (Lipinski definition) is 4. The standard InChI is InChI=1S/C15H27NO3/c1-6-7-15(4,5)18-11-14(17)10-16-8-12(2)19-13(3)9-16/h1,12-14,17H,7-11H2,2-5H3/t12-,13+,14-/m1/s1. The van der Waals surface area contributed by atoms with Crippen LogP contribution in [0, 0.1) is 12.3 Å². The molecule has 0 aromatic rings. The van der Waals surface area contributed by atoms with E-state index >= 15 is 0 Å². The lowest BCUT2D eigenvalue weighted by molar-refractivity contribution is -0.0949. The summed E-state index contributed by atoms with van der Waals surface area (Å²) in [6, 6.07) is 0. The Hall–Kier alpha value is -0.600. The zero-order valence-electron chi connectivity index (χ0n) is 12.6. The number of ether oxygens (including phenoxy) is 2. The molecule has 0 aromatic heterocycles. The molecular formula is C15H27NO3. The third-order valence-corrected chi connectivity index (χ3v) is 3.16. The van der Waals surface area contributed by atoms with Crippen LogP contribution < -0.4 is 0 Å². The van der Waals surface area contributed by atoms with Crippen molar-refractivity contribution in [1.82, 2.24) is 4.90 Å². The van der Waals surface area contributed by atoms with Gasteiger partial charge in [0.2, 0.25) is 0 Å². The first-order chi connectivity index (χ1) is 8.82. The van der Waals surface area contributed by atoms with Crippen LogP contribution in [-0.2, 0) is 9.47 Å². The molecule has 1 rings (SSSR count). The van der Waals surface area contributed by atoms with Gasteiger partial charge in [-0.1, -0.05) is 0 Å². The topological polar surface area (TPSA) is 41.9 Å². The second-order valence-corrected chi connectivity index (χ2v) is 6.08. The van der Waals surface area contributed by atoms with Crippen molar-refractivity contribution in [2.45, 2.75) is 58.0 Å². The van der Waals surface area contributed by atoms with Gasteiger partial charge in [0.15, 0.2) is 0 Å². The van der Waals surface area contributed by atoms with Crippen LogP contribution in [0.1, 0.15) is 34.1 Å². The van der Waals surface area contributed by atoms with E-state index in [0.29, 0.717) is 19.6 Å². The van der Waals surface area contributed by atoms with Gasteiger partial charge in [-0.2, -0.15) is 0 Å². The van der Waals surface area contributed by atoms with Crippen molar-refractivity contribution in [3.63, 3.8) is 0 Å². The molecule has 1 saturated heterocycles. The second-order valence-electron chi connectivity index (χ2n) is 6.08. The van der Waals surface area contributed by atoms with Gasteiger partial charge in [-0.3, -0.25) is 4.90 Å². The van der Waals surface area contributed by atoms with Crippen molar-refractivity contribution in [1.29, 1.82) is 0 Å². The lowest BCUT2D eigenvalue weighted by atomic mass is 10.1. The van der Waals surface area contributed by atoms with E-state index in [9.17, 15) is 5.11 Å². The summed E-state index contributed by atoms with van der Waals surface area (Å²) in [6.07, 6.45) is 5.78. The first-order valence-corrected chi connectivity index (χ1v) is 6.95. The summed E-state index contributed by atoms with van der Waals surface area (Å²) in [6.45, 7) is 10.6. The molecule has 110 valence electrons. The lowest BCUT2D eigenvalue weighted by Crippen LogP contribution is -2.49. The van der Waals surface area contributed by atoms with Crippen molar-refractivity contribution in [3.8, 4) is 12.3 Å². The Kier molecular flexibility index (Phi) is 6.28. The van der Waals surface area contributed by atoms with E-state index in [-0.39, 0.29) is 17.8 Å². The monoisotopic (exact) mass is 269 g/mol. The van der Waals surface area contributed by atoms with E-state index in [1.54, 1.807) is 0 Å². The molecule has 4 heteroatoms. The maximum Gasteiger partial charge on any atom is 0.0900 e. The fraction of sp³-hybridized carbons (Fsp3) is 0.867. The Labute approximate surface area is 117 Å². The van der Waals surface area contributed by atoms with Gasteiger partial charge in [0.1, 0.15) is 0 Å². The number of rotatable bonds is 6. The van der Waals surface area contributed by atoms with Crippen LogP contribution in [0.25, 0.3) is 0 Å². The molecule has 0 unspecified atom stereocenters. The molecule has 1 fully saturated rings. The van der Waals surface area contributed by atoms with Crippen LogP contribution >= 0.6 is 0 Å². The molecule has 1 aliphatic rings. The molecule has 1 N–H and O–H groups in total. The molecule has 4 nitrogen and oxygen atoms in total. The zero-order chi connectivity index (χ0) is 14.5. The van der Waals surface area contributed by atoms with Crippen molar-refractivity contribution < 1.29 is 14.6 Å². The molecule has 0 spiro atoms. The summed E-state index contributed by atoms with van der Waals surface area (Å²) in [5, 5.41) is 10.0. The van der Waals surface area contributed by atoms with Crippen molar-refractivity contribution >= 4 is 0 Å². The highest BCUT2D eigenvalue weighted by Gasteiger charge is 2.25. The van der Waals surface area contributed by atoms with Gasteiger partial charge in [0.05, 0.1) is 30.5 Å². The average molecular weight is 269 g/mol. The summed E-state index contributed by atoms with van der Waals surface area (Å²) in [4.78, 5) is 2.22. The SMILES string of the molecule is C#CCC(C)(C)OC[C@H](O)CN1C[C@@H](C)O[C@@H](C)C1. The number of aliphatic hydroxyl groups excluding tert-OH is 1. The van der Waals surface area contributed by atoms with Crippen molar-refractivity contribution in [2.75, 3.05) is 26.2 Å². The summed E-state index contributed by atoms with van der Waals surface area (Å²) in [5.41, 5.74) is -0.374. The largest absolute Gasteiger partial charge is 0.389 e. The van der Waals surface area contributed by atoms with Gasteiger partial charge in [-0.15, -0.1) is 12.3 Å². The molecule has 0 saturated carbocycles. The predicted octanol–water partition coefficient (Wildman–Crippen LogP) is 1.27. The average Bonchev–Trinajstić information content (AvgIpc) is 2.25. The van der Waals surface area contributed by atoms with Crippen molar-refractivity contribution in [2.24, 2.45) is 0 Å². The van der Waals surface area contributed by atoms with E-state index in [4.69, 9.17) is 15.9 Å². The maximum atomic E-state index is 10.0. The quantitative estimate of drug-likeness (QED) is 0.738. The number of β-amino-alcohol motifs (C(OH)–C–C–N with tert-alkyl or cyclic N) is 1. The Morgan fingerprint density at radius 3 is 2.53 bits per heavy atom. The van der Waals surface area contributed by atoms with Crippen LogP contribution in [0.2, 0.25) is 0 Å². The van der Waals surface area contributed by atoms with E-state index in [1.165, 1.54) is 0 Å². The first kappa shape index (κ1) is 16.5. The van der Waals surface area contributed by atoms with E-state index < -0.39 is 6.10 Å². The van der Waals surface area contributed by atoms with E-state index in [2.05, 4.69) is 24.7 Å². The predicted molar refractivity (Wildman–Crippen MR) is 75.9 cm³/mol. The minimum atomic E-state index is -0.491. The molecule has 0 aromatic carbocycles. The van der Waals surface area contributed by atoms with Gasteiger partial charge < -0.3 is 14.6 Å². The van der Waals surface area contributed by atoms with Crippen LogP contribution in [0.5, 0.6) is 0 Å².